The molecule has 0 radical (unpaired) electrons. The Bertz CT molecular complexity index is 1090. The number of ether oxygens (including phenoxy) is 1. The highest BCUT2D eigenvalue weighted by molar-refractivity contribution is 7.92. The Balaban J connectivity index is 1.73. The van der Waals surface area contributed by atoms with Gasteiger partial charge in [-0.15, -0.1) is 0 Å². The van der Waals surface area contributed by atoms with Crippen LogP contribution in [0.25, 0.3) is 0 Å². The van der Waals surface area contributed by atoms with Crippen molar-refractivity contribution in [2.45, 2.75) is 4.90 Å². The van der Waals surface area contributed by atoms with E-state index in [0.29, 0.717) is 17.1 Å². The molecule has 0 spiro atoms. The second-order valence-electron chi connectivity index (χ2n) is 6.18. The number of fused-ring (bicyclic) bond motifs is 1. The molecule has 0 saturated heterocycles. The predicted molar refractivity (Wildman–Crippen MR) is 104 cm³/mol. The van der Waals surface area contributed by atoms with E-state index in [2.05, 4.69) is 0 Å². The molecule has 144 valence electrons. The lowest BCUT2D eigenvalue weighted by Crippen LogP contribution is -2.46. The van der Waals surface area contributed by atoms with Crippen molar-refractivity contribution in [1.29, 1.82) is 0 Å². The number of nitrogens with zero attached hydrogens (tertiary/aromatic N) is 2. The molecule has 0 unspecified atom stereocenters. The van der Waals surface area contributed by atoms with Gasteiger partial charge in [-0.2, -0.15) is 0 Å². The van der Waals surface area contributed by atoms with Crippen LogP contribution in [0.4, 0.5) is 11.4 Å². The van der Waals surface area contributed by atoms with E-state index in [1.807, 2.05) is 0 Å². The number of sulfonamides is 1. The van der Waals surface area contributed by atoms with Crippen LogP contribution in [0.15, 0.2) is 76.2 Å². The average Bonchev–Trinajstić information content (AvgIpc) is 3.27. The zero-order valence-electron chi connectivity index (χ0n) is 15.1. The number of para-hydroxylation sites is 2. The minimum atomic E-state index is -3.79. The third kappa shape index (κ3) is 3.01. The van der Waals surface area contributed by atoms with Crippen LogP contribution in [-0.4, -0.2) is 34.5 Å². The van der Waals surface area contributed by atoms with Crippen LogP contribution in [0.1, 0.15) is 10.6 Å². The summed E-state index contributed by atoms with van der Waals surface area (Å²) in [5.74, 6) is 0.480. The normalized spacial score (nSPS) is 13.9. The molecular formula is C20H18N2O5S. The van der Waals surface area contributed by atoms with Gasteiger partial charge in [-0.1, -0.05) is 12.1 Å². The summed E-state index contributed by atoms with van der Waals surface area (Å²) in [6, 6.07) is 16.4. The van der Waals surface area contributed by atoms with E-state index < -0.39 is 10.0 Å². The first-order valence-corrected chi connectivity index (χ1v) is 10.1. The smallest absolute Gasteiger partial charge is 0.294 e. The van der Waals surface area contributed by atoms with Gasteiger partial charge in [-0.3, -0.25) is 9.10 Å². The molecule has 28 heavy (non-hydrogen) atoms. The van der Waals surface area contributed by atoms with E-state index >= 15 is 0 Å². The van der Waals surface area contributed by atoms with Crippen molar-refractivity contribution in [3.05, 3.63) is 72.7 Å². The fraction of sp³-hybridized carbons (Fsp3) is 0.150. The maximum absolute atomic E-state index is 13.2. The van der Waals surface area contributed by atoms with Crippen molar-refractivity contribution in [2.75, 3.05) is 29.4 Å². The van der Waals surface area contributed by atoms with Gasteiger partial charge in [0.15, 0.2) is 5.76 Å². The summed E-state index contributed by atoms with van der Waals surface area (Å²) < 4.78 is 38.1. The average molecular weight is 398 g/mol. The fourth-order valence-electron chi connectivity index (χ4n) is 3.20. The highest BCUT2D eigenvalue weighted by atomic mass is 32.2. The number of amides is 1. The number of carbonyl (C=O) groups is 1. The molecule has 1 amide bonds. The van der Waals surface area contributed by atoms with Gasteiger partial charge in [-0.25, -0.2) is 8.42 Å². The lowest BCUT2D eigenvalue weighted by atomic mass is 10.2. The zero-order valence-corrected chi connectivity index (χ0v) is 15.9. The Morgan fingerprint density at radius 2 is 1.68 bits per heavy atom. The molecule has 8 heteroatoms. The molecule has 0 bridgehead atoms. The lowest BCUT2D eigenvalue weighted by molar-refractivity contribution is 0.0960. The molecule has 2 aromatic carbocycles. The molecule has 7 nitrogen and oxygen atoms in total. The summed E-state index contributed by atoms with van der Waals surface area (Å²) in [6.45, 7) is 0.351. The number of hydrogen-bond donors (Lipinski definition) is 0. The summed E-state index contributed by atoms with van der Waals surface area (Å²) in [6.07, 6.45) is 1.43. The van der Waals surface area contributed by atoms with Crippen molar-refractivity contribution in [1.82, 2.24) is 0 Å². The molecule has 1 aromatic heterocycles. The van der Waals surface area contributed by atoms with Crippen molar-refractivity contribution >= 4 is 27.3 Å². The summed E-state index contributed by atoms with van der Waals surface area (Å²) >= 11 is 0. The van der Waals surface area contributed by atoms with Gasteiger partial charge in [0.1, 0.15) is 5.75 Å². The SMILES string of the molecule is COc1ccc(S(=O)(=O)N2CCN(C(=O)c3ccco3)c3ccccc32)cc1. The Labute approximate surface area is 162 Å². The van der Waals surface area contributed by atoms with E-state index in [0.717, 1.165) is 0 Å². The molecule has 0 N–H and O–H groups in total. The van der Waals surface area contributed by atoms with Crippen LogP contribution in [-0.2, 0) is 10.0 Å². The van der Waals surface area contributed by atoms with E-state index in [4.69, 9.17) is 9.15 Å². The number of furan rings is 1. The third-order valence-corrected chi connectivity index (χ3v) is 6.42. The minimum Gasteiger partial charge on any atom is -0.497 e. The fourth-order valence-corrected chi connectivity index (χ4v) is 4.67. The lowest BCUT2D eigenvalue weighted by Gasteiger charge is -2.36. The van der Waals surface area contributed by atoms with E-state index in [1.165, 1.54) is 34.7 Å². The van der Waals surface area contributed by atoms with E-state index in [1.54, 1.807) is 48.5 Å². The quantitative estimate of drug-likeness (QED) is 0.675. The second kappa shape index (κ2) is 7.05. The Hall–Kier alpha value is -3.26. The van der Waals surface area contributed by atoms with Gasteiger partial charge in [0, 0.05) is 6.54 Å². The first-order valence-electron chi connectivity index (χ1n) is 8.63. The van der Waals surface area contributed by atoms with Crippen LogP contribution in [0.5, 0.6) is 5.75 Å². The zero-order chi connectivity index (χ0) is 19.7. The number of carbonyl (C=O) groups excluding carboxylic acids is 1. The van der Waals surface area contributed by atoms with E-state index in [-0.39, 0.29) is 29.7 Å². The maximum atomic E-state index is 13.2. The molecule has 0 aliphatic carbocycles. The van der Waals surface area contributed by atoms with Crippen molar-refractivity contribution in [3.63, 3.8) is 0 Å². The molecule has 4 rings (SSSR count). The molecule has 1 aliphatic heterocycles. The Morgan fingerprint density at radius 1 is 0.964 bits per heavy atom. The maximum Gasteiger partial charge on any atom is 0.294 e. The largest absolute Gasteiger partial charge is 0.497 e. The summed E-state index contributed by atoms with van der Waals surface area (Å²) in [5, 5.41) is 0. The Kier molecular flexibility index (Phi) is 4.56. The summed E-state index contributed by atoms with van der Waals surface area (Å²) in [5.41, 5.74) is 0.969. The van der Waals surface area contributed by atoms with Gasteiger partial charge in [-0.05, 0) is 48.5 Å². The van der Waals surface area contributed by atoms with Gasteiger partial charge < -0.3 is 14.1 Å². The summed E-state index contributed by atoms with van der Waals surface area (Å²) in [7, 11) is -2.26. The first kappa shape index (κ1) is 18.1. The molecule has 3 aromatic rings. The third-order valence-electron chi connectivity index (χ3n) is 4.59. The first-order chi connectivity index (χ1) is 13.5. The van der Waals surface area contributed by atoms with Crippen LogP contribution in [0.3, 0.4) is 0 Å². The van der Waals surface area contributed by atoms with Gasteiger partial charge in [0.05, 0.1) is 36.2 Å². The molecule has 0 fully saturated rings. The molecule has 2 heterocycles. The van der Waals surface area contributed by atoms with Crippen LogP contribution in [0.2, 0.25) is 0 Å². The van der Waals surface area contributed by atoms with Crippen molar-refractivity contribution in [3.8, 4) is 5.75 Å². The number of rotatable bonds is 4. The number of anilines is 2. The van der Waals surface area contributed by atoms with Crippen LogP contribution < -0.4 is 13.9 Å². The number of hydrogen-bond acceptors (Lipinski definition) is 5. The molecular weight excluding hydrogens is 380 g/mol. The topological polar surface area (TPSA) is 80.1 Å². The molecule has 1 aliphatic rings. The van der Waals surface area contributed by atoms with Gasteiger partial charge >= 0.3 is 0 Å². The summed E-state index contributed by atoms with van der Waals surface area (Å²) in [4.78, 5) is 14.5. The number of benzene rings is 2. The monoisotopic (exact) mass is 398 g/mol. The highest BCUT2D eigenvalue weighted by Gasteiger charge is 2.34. The number of methoxy groups -OCH3 is 1. The van der Waals surface area contributed by atoms with E-state index in [9.17, 15) is 13.2 Å². The van der Waals surface area contributed by atoms with Gasteiger partial charge in [0.25, 0.3) is 15.9 Å². The van der Waals surface area contributed by atoms with Crippen LogP contribution in [0, 0.1) is 0 Å². The standard InChI is InChI=1S/C20H18N2O5S/c1-26-15-8-10-16(11-9-15)28(24,25)22-13-12-21(17-5-2-3-6-18(17)22)20(23)19-7-4-14-27-19/h2-11,14H,12-13H2,1H3. The molecule has 0 saturated carbocycles. The predicted octanol–water partition coefficient (Wildman–Crippen LogP) is 3.14. The molecule has 0 atom stereocenters. The second-order valence-corrected chi connectivity index (χ2v) is 8.04. The van der Waals surface area contributed by atoms with Crippen LogP contribution >= 0.6 is 0 Å². The van der Waals surface area contributed by atoms with Crippen molar-refractivity contribution < 1.29 is 22.4 Å². The Morgan fingerprint density at radius 3 is 2.32 bits per heavy atom. The highest BCUT2D eigenvalue weighted by Crippen LogP contribution is 2.37. The van der Waals surface area contributed by atoms with Gasteiger partial charge in [0.2, 0.25) is 0 Å². The minimum absolute atomic E-state index is 0.137. The van der Waals surface area contributed by atoms with Crippen molar-refractivity contribution in [2.24, 2.45) is 0 Å².